The summed E-state index contributed by atoms with van der Waals surface area (Å²) in [5.41, 5.74) is 0.946. The summed E-state index contributed by atoms with van der Waals surface area (Å²) in [6, 6.07) is 9.48. The molecule has 6 nitrogen and oxygen atoms in total. The number of nitrogens with zero attached hydrogens (tertiary/aromatic N) is 3. The van der Waals surface area contributed by atoms with Gasteiger partial charge >= 0.3 is 6.01 Å². The SMILES string of the molecule is Cc1nc(OCc2ccccc2)nc(S(C)(=O)=O)n1. The third kappa shape index (κ3) is 3.72. The van der Waals surface area contributed by atoms with Gasteiger partial charge < -0.3 is 4.74 Å². The zero-order valence-corrected chi connectivity index (χ0v) is 11.4. The standard InChI is InChI=1S/C12H13N3O3S/c1-9-13-11(15-12(14-9)19(2,16)17)18-8-10-6-4-3-5-7-10/h3-7H,8H2,1-2H3. The van der Waals surface area contributed by atoms with Crippen molar-refractivity contribution in [3.63, 3.8) is 0 Å². The second-order valence-electron chi connectivity index (χ2n) is 3.99. The normalized spacial score (nSPS) is 11.3. The highest BCUT2D eigenvalue weighted by Crippen LogP contribution is 2.10. The van der Waals surface area contributed by atoms with Crippen molar-refractivity contribution in [1.82, 2.24) is 15.0 Å². The Hall–Kier alpha value is -2.02. The average Bonchev–Trinajstić information content (AvgIpc) is 2.36. The van der Waals surface area contributed by atoms with Crippen molar-refractivity contribution in [1.29, 1.82) is 0 Å². The van der Waals surface area contributed by atoms with Crippen LogP contribution in [0.15, 0.2) is 35.5 Å². The van der Waals surface area contributed by atoms with E-state index in [2.05, 4.69) is 15.0 Å². The van der Waals surface area contributed by atoms with Crippen molar-refractivity contribution in [2.45, 2.75) is 18.7 Å². The molecule has 100 valence electrons. The predicted molar refractivity (Wildman–Crippen MR) is 68.4 cm³/mol. The van der Waals surface area contributed by atoms with Crippen molar-refractivity contribution in [2.75, 3.05) is 6.26 Å². The van der Waals surface area contributed by atoms with E-state index in [9.17, 15) is 8.42 Å². The van der Waals surface area contributed by atoms with Crippen LogP contribution in [-0.2, 0) is 16.4 Å². The van der Waals surface area contributed by atoms with Crippen LogP contribution in [0.5, 0.6) is 6.01 Å². The van der Waals surface area contributed by atoms with Gasteiger partial charge in [0.15, 0.2) is 0 Å². The van der Waals surface area contributed by atoms with Crippen molar-refractivity contribution in [2.24, 2.45) is 0 Å². The van der Waals surface area contributed by atoms with Gasteiger partial charge in [-0.2, -0.15) is 9.97 Å². The summed E-state index contributed by atoms with van der Waals surface area (Å²) >= 11 is 0. The van der Waals surface area contributed by atoms with E-state index in [0.29, 0.717) is 5.82 Å². The molecule has 0 amide bonds. The van der Waals surface area contributed by atoms with Crippen LogP contribution in [-0.4, -0.2) is 29.6 Å². The summed E-state index contributed by atoms with van der Waals surface area (Å²) in [5, 5.41) is -0.275. The molecular formula is C12H13N3O3S. The summed E-state index contributed by atoms with van der Waals surface area (Å²) in [5.74, 6) is 0.304. The van der Waals surface area contributed by atoms with Gasteiger partial charge in [-0.05, 0) is 12.5 Å². The molecule has 0 N–H and O–H groups in total. The van der Waals surface area contributed by atoms with Gasteiger partial charge in [-0.25, -0.2) is 13.4 Å². The first-order valence-electron chi connectivity index (χ1n) is 5.54. The minimum absolute atomic E-state index is 0.0109. The number of hydrogen-bond donors (Lipinski definition) is 0. The monoisotopic (exact) mass is 279 g/mol. The molecule has 1 aromatic heterocycles. The quantitative estimate of drug-likeness (QED) is 0.835. The van der Waals surface area contributed by atoms with Gasteiger partial charge in [0.2, 0.25) is 9.84 Å². The fourth-order valence-electron chi connectivity index (χ4n) is 1.39. The van der Waals surface area contributed by atoms with E-state index in [-0.39, 0.29) is 17.8 Å². The zero-order chi connectivity index (χ0) is 13.9. The molecule has 0 unspecified atom stereocenters. The average molecular weight is 279 g/mol. The summed E-state index contributed by atoms with van der Waals surface area (Å²) in [7, 11) is -3.47. The Bertz CT molecular complexity index is 672. The molecule has 0 aliphatic heterocycles. The molecular weight excluding hydrogens is 266 g/mol. The summed E-state index contributed by atoms with van der Waals surface area (Å²) < 4.78 is 28.2. The smallest absolute Gasteiger partial charge is 0.321 e. The number of benzene rings is 1. The Kier molecular flexibility index (Phi) is 3.75. The van der Waals surface area contributed by atoms with Gasteiger partial charge in [0.1, 0.15) is 12.4 Å². The fraction of sp³-hybridized carbons (Fsp3) is 0.250. The van der Waals surface area contributed by atoms with Crippen molar-refractivity contribution in [3.05, 3.63) is 41.7 Å². The Morgan fingerprint density at radius 2 is 1.79 bits per heavy atom. The van der Waals surface area contributed by atoms with Crippen LogP contribution in [0.3, 0.4) is 0 Å². The minimum Gasteiger partial charge on any atom is -0.458 e. The van der Waals surface area contributed by atoms with E-state index in [1.807, 2.05) is 30.3 Å². The topological polar surface area (TPSA) is 82.0 Å². The van der Waals surface area contributed by atoms with Crippen molar-refractivity contribution < 1.29 is 13.2 Å². The Morgan fingerprint density at radius 3 is 2.42 bits per heavy atom. The summed E-state index contributed by atoms with van der Waals surface area (Å²) in [6.45, 7) is 1.86. The molecule has 1 aromatic carbocycles. The maximum absolute atomic E-state index is 11.4. The largest absolute Gasteiger partial charge is 0.458 e. The summed E-state index contributed by atoms with van der Waals surface area (Å²) in [4.78, 5) is 11.5. The molecule has 7 heteroatoms. The summed E-state index contributed by atoms with van der Waals surface area (Å²) in [6.07, 6.45) is 1.04. The lowest BCUT2D eigenvalue weighted by Gasteiger charge is -2.06. The third-order valence-electron chi connectivity index (χ3n) is 2.25. The Balaban J connectivity index is 2.19. The number of hydrogen-bond acceptors (Lipinski definition) is 6. The highest BCUT2D eigenvalue weighted by Gasteiger charge is 2.14. The van der Waals surface area contributed by atoms with E-state index in [1.165, 1.54) is 0 Å². The molecule has 0 radical (unpaired) electrons. The first kappa shape index (κ1) is 13.4. The van der Waals surface area contributed by atoms with Crippen LogP contribution in [0.1, 0.15) is 11.4 Å². The fourth-order valence-corrected chi connectivity index (χ4v) is 1.93. The van der Waals surface area contributed by atoms with Crippen molar-refractivity contribution >= 4 is 9.84 Å². The van der Waals surface area contributed by atoms with E-state index in [1.54, 1.807) is 6.92 Å². The van der Waals surface area contributed by atoms with Gasteiger partial charge in [0, 0.05) is 6.26 Å². The molecule has 0 aliphatic carbocycles. The van der Waals surface area contributed by atoms with E-state index < -0.39 is 9.84 Å². The van der Waals surface area contributed by atoms with E-state index in [4.69, 9.17) is 4.74 Å². The molecule has 0 bridgehead atoms. The lowest BCUT2D eigenvalue weighted by Crippen LogP contribution is -2.09. The van der Waals surface area contributed by atoms with Crippen LogP contribution in [0, 0.1) is 6.92 Å². The highest BCUT2D eigenvalue weighted by molar-refractivity contribution is 7.90. The number of ether oxygens (including phenoxy) is 1. The molecule has 0 spiro atoms. The molecule has 0 fully saturated rings. The third-order valence-corrected chi connectivity index (χ3v) is 3.09. The maximum atomic E-state index is 11.4. The maximum Gasteiger partial charge on any atom is 0.321 e. The van der Waals surface area contributed by atoms with E-state index >= 15 is 0 Å². The first-order chi connectivity index (χ1) is 8.95. The van der Waals surface area contributed by atoms with Crippen LogP contribution >= 0.6 is 0 Å². The molecule has 1 heterocycles. The molecule has 0 atom stereocenters. The molecule has 2 rings (SSSR count). The number of aryl methyl sites for hydroxylation is 1. The Labute approximate surface area is 111 Å². The van der Waals surface area contributed by atoms with Gasteiger partial charge in [0.05, 0.1) is 0 Å². The molecule has 2 aromatic rings. The molecule has 0 aliphatic rings. The minimum atomic E-state index is -3.47. The predicted octanol–water partition coefficient (Wildman–Crippen LogP) is 1.16. The van der Waals surface area contributed by atoms with Gasteiger partial charge in [-0.15, -0.1) is 0 Å². The lowest BCUT2D eigenvalue weighted by atomic mass is 10.2. The van der Waals surface area contributed by atoms with Crippen LogP contribution in [0.2, 0.25) is 0 Å². The van der Waals surface area contributed by atoms with Gasteiger partial charge in [-0.1, -0.05) is 30.3 Å². The van der Waals surface area contributed by atoms with Crippen LogP contribution in [0.25, 0.3) is 0 Å². The molecule has 0 saturated heterocycles. The van der Waals surface area contributed by atoms with Crippen LogP contribution < -0.4 is 4.74 Å². The number of rotatable bonds is 4. The van der Waals surface area contributed by atoms with Gasteiger partial charge in [-0.3, -0.25) is 0 Å². The second kappa shape index (κ2) is 5.31. The molecule has 0 saturated carbocycles. The molecule has 19 heavy (non-hydrogen) atoms. The second-order valence-corrected chi connectivity index (χ2v) is 5.90. The van der Waals surface area contributed by atoms with Crippen molar-refractivity contribution in [3.8, 4) is 6.01 Å². The van der Waals surface area contributed by atoms with E-state index in [0.717, 1.165) is 11.8 Å². The first-order valence-corrected chi connectivity index (χ1v) is 7.44. The number of aromatic nitrogens is 3. The van der Waals surface area contributed by atoms with Gasteiger partial charge in [0.25, 0.3) is 5.16 Å². The Morgan fingerprint density at radius 1 is 1.11 bits per heavy atom. The number of sulfone groups is 1. The zero-order valence-electron chi connectivity index (χ0n) is 10.6. The van der Waals surface area contributed by atoms with Crippen LogP contribution in [0.4, 0.5) is 0 Å². The highest BCUT2D eigenvalue weighted by atomic mass is 32.2. The lowest BCUT2D eigenvalue weighted by molar-refractivity contribution is 0.275.